The molecular weight excluding hydrogens is 373 g/mol. The largest absolute Gasteiger partial charge is 0.404 e. The minimum atomic E-state index is -5.39. The molecule has 1 saturated heterocycles. The number of hydrogen-bond acceptors (Lipinski definition) is 3. The first kappa shape index (κ1) is 18.0. The van der Waals surface area contributed by atoms with Crippen LogP contribution in [0.3, 0.4) is 0 Å². The Hall–Kier alpha value is -1.84. The zero-order chi connectivity index (χ0) is 18.5. The maximum atomic E-state index is 13.1. The Morgan fingerprint density at radius 3 is 2.12 bits per heavy atom. The van der Waals surface area contributed by atoms with Crippen molar-refractivity contribution in [3.05, 3.63) is 35.5 Å². The summed E-state index contributed by atoms with van der Waals surface area (Å²) in [5.74, 6) is -0.459. The summed E-state index contributed by atoms with van der Waals surface area (Å²) in [6.45, 7) is -1.61. The van der Waals surface area contributed by atoms with E-state index in [4.69, 9.17) is 0 Å². The molecule has 0 radical (unpaired) electrons. The van der Waals surface area contributed by atoms with Gasteiger partial charge in [0.1, 0.15) is 5.82 Å². The van der Waals surface area contributed by atoms with Crippen LogP contribution in [0.2, 0.25) is 0 Å². The number of benzene rings is 1. The molecule has 0 unspecified atom stereocenters. The van der Waals surface area contributed by atoms with E-state index in [1.54, 1.807) is 0 Å². The molecular formula is C15H11F7N2S. The van der Waals surface area contributed by atoms with Gasteiger partial charge in [-0.2, -0.15) is 26.3 Å². The topological polar surface area (TPSA) is 16.1 Å². The monoisotopic (exact) mass is 384 g/mol. The van der Waals surface area contributed by atoms with Crippen molar-refractivity contribution in [2.75, 3.05) is 18.0 Å². The minimum Gasteiger partial charge on any atom is -0.347 e. The molecule has 0 bridgehead atoms. The lowest BCUT2D eigenvalue weighted by Gasteiger charge is -2.33. The molecule has 25 heavy (non-hydrogen) atoms. The maximum Gasteiger partial charge on any atom is 0.404 e. The molecule has 0 amide bonds. The smallest absolute Gasteiger partial charge is 0.347 e. The molecule has 1 aliphatic heterocycles. The molecule has 136 valence electrons. The highest BCUT2D eigenvalue weighted by molar-refractivity contribution is 7.14. The lowest BCUT2D eigenvalue weighted by molar-refractivity contribution is -0.332. The van der Waals surface area contributed by atoms with Gasteiger partial charge in [0.2, 0.25) is 0 Å². The van der Waals surface area contributed by atoms with Gasteiger partial charge in [0.15, 0.2) is 10.5 Å². The molecule has 0 N–H and O–H groups in total. The van der Waals surface area contributed by atoms with Gasteiger partial charge < -0.3 is 4.90 Å². The second-order valence-corrected chi connectivity index (χ2v) is 6.61. The Morgan fingerprint density at radius 2 is 1.60 bits per heavy atom. The Morgan fingerprint density at radius 1 is 1.00 bits per heavy atom. The molecule has 1 fully saturated rings. The van der Waals surface area contributed by atoms with Crippen molar-refractivity contribution in [1.82, 2.24) is 4.98 Å². The summed E-state index contributed by atoms with van der Waals surface area (Å²) < 4.78 is 91.6. The van der Waals surface area contributed by atoms with Gasteiger partial charge in [-0.25, -0.2) is 9.37 Å². The van der Waals surface area contributed by atoms with Crippen LogP contribution in [0.5, 0.6) is 0 Å². The molecule has 0 spiro atoms. The fraction of sp³-hybridized carbons (Fsp3) is 0.400. The van der Waals surface area contributed by atoms with Crippen molar-refractivity contribution in [3.8, 4) is 11.3 Å². The van der Waals surface area contributed by atoms with Crippen LogP contribution >= 0.6 is 11.3 Å². The van der Waals surface area contributed by atoms with Crippen LogP contribution in [0.25, 0.3) is 11.3 Å². The Kier molecular flexibility index (Phi) is 4.21. The fourth-order valence-corrected chi connectivity index (χ4v) is 3.62. The predicted octanol–water partition coefficient (Wildman–Crippen LogP) is 5.27. The van der Waals surface area contributed by atoms with E-state index in [1.165, 1.54) is 29.6 Å². The van der Waals surface area contributed by atoms with Crippen LogP contribution in [-0.2, 0) is 0 Å². The molecule has 2 nitrogen and oxygen atoms in total. The van der Waals surface area contributed by atoms with Crippen molar-refractivity contribution in [2.24, 2.45) is 5.41 Å². The SMILES string of the molecule is Fc1ccc(-c2csc(N3CCC(C(F)(F)F)(C(F)(F)F)C3)n2)cc1. The van der Waals surface area contributed by atoms with E-state index in [2.05, 4.69) is 4.98 Å². The Labute approximate surface area is 141 Å². The molecule has 1 aliphatic rings. The first-order valence-electron chi connectivity index (χ1n) is 7.13. The zero-order valence-corrected chi connectivity index (χ0v) is 13.3. The van der Waals surface area contributed by atoms with Crippen molar-refractivity contribution < 1.29 is 30.7 Å². The maximum absolute atomic E-state index is 13.1. The van der Waals surface area contributed by atoms with E-state index < -0.39 is 43.1 Å². The molecule has 10 heteroatoms. The van der Waals surface area contributed by atoms with E-state index in [0.29, 0.717) is 11.3 Å². The van der Waals surface area contributed by atoms with Crippen molar-refractivity contribution >= 4 is 16.5 Å². The molecule has 2 heterocycles. The van der Waals surface area contributed by atoms with Gasteiger partial charge in [0.05, 0.1) is 5.69 Å². The highest BCUT2D eigenvalue weighted by Crippen LogP contribution is 2.56. The van der Waals surface area contributed by atoms with Crippen LogP contribution in [0, 0.1) is 11.2 Å². The van der Waals surface area contributed by atoms with Gasteiger partial charge in [0, 0.05) is 24.0 Å². The molecule has 1 aromatic carbocycles. The molecule has 0 atom stereocenters. The van der Waals surface area contributed by atoms with Crippen molar-refractivity contribution in [3.63, 3.8) is 0 Å². The third kappa shape index (κ3) is 3.07. The zero-order valence-electron chi connectivity index (χ0n) is 12.5. The van der Waals surface area contributed by atoms with E-state index in [1.807, 2.05) is 0 Å². The normalized spacial score (nSPS) is 18.0. The summed E-state index contributed by atoms with van der Waals surface area (Å²) in [5, 5.41) is 1.60. The van der Waals surface area contributed by atoms with Crippen molar-refractivity contribution in [1.29, 1.82) is 0 Å². The first-order valence-corrected chi connectivity index (χ1v) is 8.01. The lowest BCUT2D eigenvalue weighted by atomic mass is 9.85. The van der Waals surface area contributed by atoms with Crippen LogP contribution in [0.4, 0.5) is 35.9 Å². The molecule has 1 aromatic heterocycles. The van der Waals surface area contributed by atoms with E-state index in [0.717, 1.165) is 16.2 Å². The van der Waals surface area contributed by atoms with E-state index in [-0.39, 0.29) is 5.13 Å². The number of rotatable bonds is 2. The minimum absolute atomic E-state index is 0.0784. The molecule has 0 aliphatic carbocycles. The average molecular weight is 384 g/mol. The number of halogens is 7. The van der Waals surface area contributed by atoms with Gasteiger partial charge in [0.25, 0.3) is 0 Å². The summed E-state index contributed by atoms with van der Waals surface area (Å²) >= 11 is 0.954. The van der Waals surface area contributed by atoms with Gasteiger partial charge in [-0.05, 0) is 30.7 Å². The van der Waals surface area contributed by atoms with Gasteiger partial charge in [-0.3, -0.25) is 0 Å². The van der Waals surface area contributed by atoms with Crippen molar-refractivity contribution in [2.45, 2.75) is 18.8 Å². The first-order chi connectivity index (χ1) is 11.5. The number of thiazole rings is 1. The average Bonchev–Trinajstić information content (AvgIpc) is 3.14. The summed E-state index contributed by atoms with van der Waals surface area (Å²) in [4.78, 5) is 5.11. The van der Waals surface area contributed by atoms with Crippen LogP contribution in [0.15, 0.2) is 29.6 Å². The second kappa shape index (κ2) is 5.86. The standard InChI is InChI=1S/C15H11F7N2S/c16-10-3-1-9(2-4-10)11-7-25-12(23-11)24-6-5-13(8-24,14(17,18)19)15(20,21)22/h1-4,7H,5-6,8H2. The highest BCUT2D eigenvalue weighted by atomic mass is 32.1. The summed E-state index contributed by atoms with van der Waals surface area (Å²) in [6.07, 6.45) is -11.8. The van der Waals surface area contributed by atoms with E-state index >= 15 is 0 Å². The number of alkyl halides is 6. The number of nitrogens with zero attached hydrogens (tertiary/aromatic N) is 2. The number of aromatic nitrogens is 1. The van der Waals surface area contributed by atoms with Crippen LogP contribution in [-0.4, -0.2) is 30.4 Å². The fourth-order valence-electron chi connectivity index (χ4n) is 2.76. The third-order valence-corrected chi connectivity index (χ3v) is 5.16. The van der Waals surface area contributed by atoms with Crippen LogP contribution < -0.4 is 4.90 Å². The Balaban J connectivity index is 1.86. The molecule has 0 saturated carbocycles. The quantitative estimate of drug-likeness (QED) is 0.656. The second-order valence-electron chi connectivity index (χ2n) is 5.77. The van der Waals surface area contributed by atoms with Gasteiger partial charge in [-0.1, -0.05) is 0 Å². The summed E-state index contributed by atoms with van der Waals surface area (Å²) in [6, 6.07) is 5.27. The van der Waals surface area contributed by atoms with Gasteiger partial charge in [-0.15, -0.1) is 11.3 Å². The Bertz CT molecular complexity index is 734. The van der Waals surface area contributed by atoms with Gasteiger partial charge >= 0.3 is 12.4 Å². The molecule has 2 aromatic rings. The van der Waals surface area contributed by atoms with E-state index in [9.17, 15) is 30.7 Å². The lowest BCUT2D eigenvalue weighted by Crippen LogP contribution is -2.51. The molecule has 3 rings (SSSR count). The summed E-state index contributed by atoms with van der Waals surface area (Å²) in [5.41, 5.74) is -2.85. The predicted molar refractivity (Wildman–Crippen MR) is 78.9 cm³/mol. The number of hydrogen-bond donors (Lipinski definition) is 0. The third-order valence-electron chi connectivity index (χ3n) is 4.26. The van der Waals surface area contributed by atoms with Crippen LogP contribution in [0.1, 0.15) is 6.42 Å². The highest BCUT2D eigenvalue weighted by Gasteiger charge is 2.72. The number of anilines is 1. The summed E-state index contributed by atoms with van der Waals surface area (Å²) in [7, 11) is 0.